The number of hydrogen-bond acceptors (Lipinski definition) is 3. The monoisotopic (exact) mass is 311 g/mol. The molecule has 0 fully saturated rings. The van der Waals surface area contributed by atoms with Gasteiger partial charge in [-0.1, -0.05) is 6.92 Å². The number of hydrogen-bond donors (Lipinski definition) is 1. The van der Waals surface area contributed by atoms with Gasteiger partial charge in [0, 0.05) is 6.61 Å². The van der Waals surface area contributed by atoms with Gasteiger partial charge in [-0.25, -0.2) is 8.78 Å². The van der Waals surface area contributed by atoms with Gasteiger partial charge in [0.15, 0.2) is 4.67 Å². The molecule has 0 bridgehead atoms. The summed E-state index contributed by atoms with van der Waals surface area (Å²) in [5.74, 6) is 0.777. The van der Waals surface area contributed by atoms with E-state index in [0.29, 0.717) is 11.1 Å². The van der Waals surface area contributed by atoms with E-state index in [2.05, 4.69) is 21.2 Å². The number of furan rings is 1. The summed E-state index contributed by atoms with van der Waals surface area (Å²) in [6.07, 6.45) is -1.81. The van der Waals surface area contributed by atoms with Crippen molar-refractivity contribution in [3.05, 3.63) is 22.6 Å². The maximum atomic E-state index is 11.9. The number of alkyl halides is 2. The van der Waals surface area contributed by atoms with E-state index in [-0.39, 0.29) is 12.6 Å². The van der Waals surface area contributed by atoms with Crippen LogP contribution in [0.5, 0.6) is 0 Å². The summed E-state index contributed by atoms with van der Waals surface area (Å²) in [6, 6.07) is 3.65. The first kappa shape index (κ1) is 14.6. The van der Waals surface area contributed by atoms with E-state index in [0.717, 1.165) is 12.3 Å². The molecular formula is C11H16BrF2NO2. The molecule has 0 aliphatic rings. The van der Waals surface area contributed by atoms with E-state index in [1.807, 2.05) is 13.0 Å². The first-order valence-electron chi connectivity index (χ1n) is 5.48. The Hall–Kier alpha value is -0.460. The fraction of sp³-hybridized carbons (Fsp3) is 0.636. The molecule has 0 aromatic carbocycles. The summed E-state index contributed by atoms with van der Waals surface area (Å²) >= 11 is 3.23. The van der Waals surface area contributed by atoms with Crippen LogP contribution in [0.25, 0.3) is 0 Å². The van der Waals surface area contributed by atoms with Gasteiger partial charge in [-0.05, 0) is 41.0 Å². The van der Waals surface area contributed by atoms with Crippen molar-refractivity contribution in [3.8, 4) is 0 Å². The highest BCUT2D eigenvalue weighted by atomic mass is 79.9. The van der Waals surface area contributed by atoms with Crippen molar-refractivity contribution in [1.29, 1.82) is 0 Å². The average molecular weight is 312 g/mol. The van der Waals surface area contributed by atoms with E-state index in [9.17, 15) is 8.78 Å². The molecule has 0 spiro atoms. The van der Waals surface area contributed by atoms with Gasteiger partial charge in [0.1, 0.15) is 12.4 Å². The normalized spacial score (nSPS) is 13.2. The zero-order valence-electron chi connectivity index (χ0n) is 9.59. The molecule has 0 amide bonds. The topological polar surface area (TPSA) is 34.4 Å². The molecular weight excluding hydrogens is 296 g/mol. The third kappa shape index (κ3) is 5.61. The van der Waals surface area contributed by atoms with Crippen LogP contribution in [0.2, 0.25) is 0 Å². The average Bonchev–Trinajstić information content (AvgIpc) is 2.69. The highest BCUT2D eigenvalue weighted by Gasteiger charge is 2.14. The maximum absolute atomic E-state index is 11.9. The van der Waals surface area contributed by atoms with Crippen LogP contribution in [0, 0.1) is 0 Å². The van der Waals surface area contributed by atoms with Gasteiger partial charge in [-0.15, -0.1) is 0 Å². The third-order valence-corrected chi connectivity index (χ3v) is 2.61. The SMILES string of the molecule is CCNC(CCOCC(F)F)c1ccc(Br)o1. The largest absolute Gasteiger partial charge is 0.453 e. The number of rotatable bonds is 8. The molecule has 0 saturated carbocycles. The molecule has 0 aliphatic carbocycles. The Labute approximate surface area is 108 Å². The summed E-state index contributed by atoms with van der Waals surface area (Å²) in [4.78, 5) is 0. The van der Waals surface area contributed by atoms with Crippen LogP contribution in [0.4, 0.5) is 8.78 Å². The van der Waals surface area contributed by atoms with Gasteiger partial charge in [0.25, 0.3) is 6.43 Å². The summed E-state index contributed by atoms with van der Waals surface area (Å²) in [7, 11) is 0. The van der Waals surface area contributed by atoms with Gasteiger partial charge in [0.2, 0.25) is 0 Å². The molecule has 17 heavy (non-hydrogen) atoms. The summed E-state index contributed by atoms with van der Waals surface area (Å²) in [6.45, 7) is 2.52. The molecule has 1 atom stereocenters. The highest BCUT2D eigenvalue weighted by Crippen LogP contribution is 2.22. The lowest BCUT2D eigenvalue weighted by molar-refractivity contribution is 0.0139. The molecule has 1 aromatic heterocycles. The minimum atomic E-state index is -2.41. The van der Waals surface area contributed by atoms with Crippen LogP contribution < -0.4 is 5.32 Å². The second-order valence-electron chi connectivity index (χ2n) is 3.51. The van der Waals surface area contributed by atoms with Crippen LogP contribution in [0.1, 0.15) is 25.1 Å². The van der Waals surface area contributed by atoms with Crippen molar-refractivity contribution >= 4 is 15.9 Å². The quantitative estimate of drug-likeness (QED) is 0.748. The van der Waals surface area contributed by atoms with Crippen LogP contribution >= 0.6 is 15.9 Å². The van der Waals surface area contributed by atoms with Gasteiger partial charge in [-0.3, -0.25) is 0 Å². The summed E-state index contributed by atoms with van der Waals surface area (Å²) in [5.41, 5.74) is 0. The van der Waals surface area contributed by atoms with Gasteiger partial charge in [0.05, 0.1) is 6.04 Å². The van der Waals surface area contributed by atoms with E-state index < -0.39 is 13.0 Å². The van der Waals surface area contributed by atoms with E-state index in [4.69, 9.17) is 9.15 Å². The standard InChI is InChI=1S/C11H16BrF2NO2/c1-2-15-8(5-6-16-7-11(13)14)9-3-4-10(12)17-9/h3-4,8,11,15H,2,5-7H2,1H3. The predicted molar refractivity (Wildman–Crippen MR) is 64.3 cm³/mol. The van der Waals surface area contributed by atoms with Gasteiger partial charge in [-0.2, -0.15) is 0 Å². The number of halogens is 3. The minimum absolute atomic E-state index is 0.0102. The smallest absolute Gasteiger partial charge is 0.261 e. The fourth-order valence-electron chi connectivity index (χ4n) is 1.48. The molecule has 1 unspecified atom stereocenters. The van der Waals surface area contributed by atoms with E-state index in [1.165, 1.54) is 0 Å². The Kier molecular flexibility index (Phi) is 6.69. The maximum Gasteiger partial charge on any atom is 0.261 e. The molecule has 1 aromatic rings. The second kappa shape index (κ2) is 7.79. The highest BCUT2D eigenvalue weighted by molar-refractivity contribution is 9.10. The number of nitrogens with one attached hydrogen (secondary N) is 1. The zero-order chi connectivity index (χ0) is 12.7. The van der Waals surface area contributed by atoms with Crippen LogP contribution in [0.3, 0.4) is 0 Å². The molecule has 0 radical (unpaired) electrons. The van der Waals surface area contributed by atoms with Crippen molar-refractivity contribution in [1.82, 2.24) is 5.32 Å². The van der Waals surface area contributed by atoms with Crippen LogP contribution in [-0.2, 0) is 4.74 Å². The number of ether oxygens (including phenoxy) is 1. The van der Waals surface area contributed by atoms with E-state index in [1.54, 1.807) is 6.07 Å². The molecule has 1 rings (SSSR count). The molecule has 98 valence electrons. The first-order valence-corrected chi connectivity index (χ1v) is 6.27. The molecule has 6 heteroatoms. The Morgan fingerprint density at radius 1 is 1.47 bits per heavy atom. The van der Waals surface area contributed by atoms with Crippen molar-refractivity contribution in [2.75, 3.05) is 19.8 Å². The lowest BCUT2D eigenvalue weighted by Crippen LogP contribution is -2.22. The summed E-state index contributed by atoms with van der Waals surface area (Å²) in [5, 5.41) is 3.22. The fourth-order valence-corrected chi connectivity index (χ4v) is 1.80. The Bertz CT molecular complexity index is 320. The van der Waals surface area contributed by atoms with Crippen molar-refractivity contribution in [2.24, 2.45) is 0 Å². The molecule has 1 N–H and O–H groups in total. The lowest BCUT2D eigenvalue weighted by atomic mass is 10.1. The van der Waals surface area contributed by atoms with Crippen LogP contribution in [-0.4, -0.2) is 26.2 Å². The van der Waals surface area contributed by atoms with Crippen molar-refractivity contribution in [3.63, 3.8) is 0 Å². The summed E-state index contributed by atoms with van der Waals surface area (Å²) < 4.78 is 34.7. The predicted octanol–water partition coefficient (Wildman–Crippen LogP) is 3.36. The van der Waals surface area contributed by atoms with Crippen molar-refractivity contribution in [2.45, 2.75) is 25.8 Å². The molecule has 0 saturated heterocycles. The van der Waals surface area contributed by atoms with Crippen LogP contribution in [0.15, 0.2) is 21.2 Å². The van der Waals surface area contributed by atoms with Gasteiger partial charge >= 0.3 is 0 Å². The molecule has 3 nitrogen and oxygen atoms in total. The van der Waals surface area contributed by atoms with Crippen molar-refractivity contribution < 1.29 is 17.9 Å². The zero-order valence-corrected chi connectivity index (χ0v) is 11.2. The lowest BCUT2D eigenvalue weighted by Gasteiger charge is -2.15. The first-order chi connectivity index (χ1) is 8.13. The Morgan fingerprint density at radius 2 is 2.24 bits per heavy atom. The van der Waals surface area contributed by atoms with E-state index >= 15 is 0 Å². The molecule has 1 heterocycles. The Balaban J connectivity index is 2.38. The second-order valence-corrected chi connectivity index (χ2v) is 4.29. The third-order valence-electron chi connectivity index (χ3n) is 2.18. The minimum Gasteiger partial charge on any atom is -0.453 e. The van der Waals surface area contributed by atoms with Gasteiger partial charge < -0.3 is 14.5 Å². The molecule has 0 aliphatic heterocycles. The Morgan fingerprint density at radius 3 is 2.76 bits per heavy atom.